The summed E-state index contributed by atoms with van der Waals surface area (Å²) in [5, 5.41) is 12.3. The monoisotopic (exact) mass is 468 g/mol. The van der Waals surface area contributed by atoms with E-state index in [2.05, 4.69) is 15.2 Å². The molecule has 0 saturated heterocycles. The zero-order valence-corrected chi connectivity index (χ0v) is 18.1. The van der Waals surface area contributed by atoms with E-state index < -0.39 is 12.6 Å². The Labute approximate surface area is 192 Å². The number of aromatic carboxylic acids is 1. The number of nitrogens with one attached hydrogen (secondary N) is 1. The zero-order chi connectivity index (χ0) is 23.4. The molecule has 2 N–H and O–H groups in total. The predicted octanol–water partition coefficient (Wildman–Crippen LogP) is 6.42. The second-order valence-corrected chi connectivity index (χ2v) is 7.72. The number of carboxylic acids is 1. The lowest BCUT2D eigenvalue weighted by atomic mass is 9.96. The van der Waals surface area contributed by atoms with Crippen LogP contribution in [0.2, 0.25) is 0 Å². The van der Waals surface area contributed by atoms with Gasteiger partial charge in [-0.05, 0) is 42.0 Å². The smallest absolute Gasteiger partial charge is 0.387 e. The molecule has 0 radical (unpaired) electrons. The fraction of sp³-hybridized carbons (Fsp3) is 0.0833. The van der Waals surface area contributed by atoms with Crippen LogP contribution >= 0.6 is 11.3 Å². The van der Waals surface area contributed by atoms with Crippen LogP contribution in [0.3, 0.4) is 0 Å². The minimum atomic E-state index is -2.88. The Hall–Kier alpha value is -3.82. The van der Waals surface area contributed by atoms with Gasteiger partial charge in [-0.25, -0.2) is 9.78 Å². The van der Waals surface area contributed by atoms with Crippen molar-refractivity contribution in [1.29, 1.82) is 0 Å². The number of hydrogen-bond donors (Lipinski definition) is 2. The van der Waals surface area contributed by atoms with Crippen molar-refractivity contribution in [1.82, 2.24) is 4.98 Å². The van der Waals surface area contributed by atoms with Gasteiger partial charge in [-0.1, -0.05) is 30.3 Å². The van der Waals surface area contributed by atoms with Crippen LogP contribution in [0.5, 0.6) is 5.75 Å². The summed E-state index contributed by atoms with van der Waals surface area (Å²) >= 11 is 1.36. The fourth-order valence-corrected chi connectivity index (χ4v) is 4.18. The van der Waals surface area contributed by atoms with Crippen molar-refractivity contribution in [3.05, 3.63) is 77.7 Å². The van der Waals surface area contributed by atoms with Gasteiger partial charge in [-0.2, -0.15) is 8.78 Å². The van der Waals surface area contributed by atoms with Gasteiger partial charge in [0.15, 0.2) is 0 Å². The molecule has 0 unspecified atom stereocenters. The fourth-order valence-electron chi connectivity index (χ4n) is 3.35. The maximum atomic E-state index is 12.3. The molecule has 1 aromatic heterocycles. The maximum Gasteiger partial charge on any atom is 0.387 e. The average Bonchev–Trinajstić information content (AvgIpc) is 3.30. The van der Waals surface area contributed by atoms with Crippen molar-refractivity contribution in [2.75, 3.05) is 12.6 Å². The molecule has 168 valence electrons. The van der Waals surface area contributed by atoms with E-state index in [1.165, 1.54) is 30.6 Å². The Balaban J connectivity index is 1.67. The highest BCUT2D eigenvalue weighted by molar-refractivity contribution is 7.13. The number of para-hydroxylation sites is 1. The van der Waals surface area contributed by atoms with Gasteiger partial charge in [0.1, 0.15) is 10.8 Å². The highest BCUT2D eigenvalue weighted by atomic mass is 32.1. The molecular weight excluding hydrogens is 450 g/mol. The van der Waals surface area contributed by atoms with Crippen LogP contribution in [-0.2, 0) is 4.84 Å². The summed E-state index contributed by atoms with van der Waals surface area (Å²) in [5.41, 5.74) is 6.80. The molecular formula is C24H18F2N2O4S. The minimum Gasteiger partial charge on any atom is -0.478 e. The molecule has 33 heavy (non-hydrogen) atoms. The van der Waals surface area contributed by atoms with Gasteiger partial charge in [0.05, 0.1) is 24.1 Å². The summed E-state index contributed by atoms with van der Waals surface area (Å²) in [6, 6.07) is 18.6. The molecule has 3 aromatic carbocycles. The first-order valence-electron chi connectivity index (χ1n) is 9.73. The molecule has 0 spiro atoms. The van der Waals surface area contributed by atoms with Crippen LogP contribution in [0.15, 0.2) is 72.1 Å². The van der Waals surface area contributed by atoms with Crippen molar-refractivity contribution >= 4 is 23.0 Å². The second-order valence-electron chi connectivity index (χ2n) is 6.86. The molecule has 0 amide bonds. The van der Waals surface area contributed by atoms with Gasteiger partial charge in [0.2, 0.25) is 0 Å². The number of thiazole rings is 1. The van der Waals surface area contributed by atoms with E-state index in [0.29, 0.717) is 33.1 Å². The molecule has 0 aliphatic carbocycles. The minimum absolute atomic E-state index is 0.0640. The number of alkyl halides is 2. The summed E-state index contributed by atoms with van der Waals surface area (Å²) in [6.07, 6.45) is 0. The molecule has 0 bridgehead atoms. The molecule has 0 fully saturated rings. The number of anilines is 1. The van der Waals surface area contributed by atoms with Crippen molar-refractivity contribution in [3.8, 4) is 38.7 Å². The maximum absolute atomic E-state index is 12.3. The third-order valence-corrected chi connectivity index (χ3v) is 5.70. The van der Waals surface area contributed by atoms with E-state index in [4.69, 9.17) is 4.84 Å². The number of ether oxygens (including phenoxy) is 1. The largest absolute Gasteiger partial charge is 0.478 e. The van der Waals surface area contributed by atoms with E-state index >= 15 is 0 Å². The third kappa shape index (κ3) is 5.00. The van der Waals surface area contributed by atoms with Gasteiger partial charge in [0, 0.05) is 22.1 Å². The van der Waals surface area contributed by atoms with E-state index in [-0.39, 0.29) is 11.3 Å². The van der Waals surface area contributed by atoms with Crippen LogP contribution < -0.4 is 10.2 Å². The molecule has 4 rings (SSSR count). The standard InChI is InChI=1S/C24H18F2N2O4S/c1-31-28-20-5-3-2-4-18(20)17-11-8-15(12-19(17)23(29)30)22-27-21(13-33-22)14-6-9-16(10-7-14)32-24(25)26/h2-13,24,28H,1H3,(H,29,30). The predicted molar refractivity (Wildman–Crippen MR) is 123 cm³/mol. The van der Waals surface area contributed by atoms with Crippen molar-refractivity contribution in [3.63, 3.8) is 0 Å². The molecule has 1 heterocycles. The van der Waals surface area contributed by atoms with Gasteiger partial charge >= 0.3 is 12.6 Å². The van der Waals surface area contributed by atoms with Gasteiger partial charge < -0.3 is 9.84 Å². The Morgan fingerprint density at radius 2 is 1.76 bits per heavy atom. The summed E-state index contributed by atoms with van der Waals surface area (Å²) in [7, 11) is 1.48. The van der Waals surface area contributed by atoms with Crippen molar-refractivity contribution in [2.24, 2.45) is 0 Å². The molecule has 4 aromatic rings. The topological polar surface area (TPSA) is 80.7 Å². The first-order valence-corrected chi connectivity index (χ1v) is 10.6. The van der Waals surface area contributed by atoms with Gasteiger partial charge in [-0.3, -0.25) is 10.3 Å². The van der Waals surface area contributed by atoms with Crippen LogP contribution in [0.4, 0.5) is 14.5 Å². The lowest BCUT2D eigenvalue weighted by molar-refractivity contribution is -0.0498. The summed E-state index contributed by atoms with van der Waals surface area (Å²) in [5.74, 6) is -1.00. The molecule has 0 aliphatic rings. The summed E-state index contributed by atoms with van der Waals surface area (Å²) in [6.45, 7) is -2.88. The highest BCUT2D eigenvalue weighted by Gasteiger charge is 2.17. The molecule has 0 aliphatic heterocycles. The molecule has 6 nitrogen and oxygen atoms in total. The SMILES string of the molecule is CONc1ccccc1-c1ccc(-c2nc(-c3ccc(OC(F)F)cc3)cs2)cc1C(=O)O. The van der Waals surface area contributed by atoms with E-state index in [0.717, 1.165) is 5.56 Å². The average molecular weight is 468 g/mol. The Morgan fingerprint density at radius 3 is 2.45 bits per heavy atom. The number of carboxylic acid groups (broad SMARTS) is 1. The zero-order valence-electron chi connectivity index (χ0n) is 17.3. The van der Waals surface area contributed by atoms with E-state index in [1.54, 1.807) is 30.3 Å². The second kappa shape index (κ2) is 9.76. The van der Waals surface area contributed by atoms with E-state index in [1.807, 2.05) is 29.6 Å². The molecule has 0 saturated carbocycles. The molecule has 0 atom stereocenters. The Bertz CT molecular complexity index is 1280. The van der Waals surface area contributed by atoms with E-state index in [9.17, 15) is 18.7 Å². The first kappa shape index (κ1) is 22.4. The van der Waals surface area contributed by atoms with Crippen LogP contribution in [-0.4, -0.2) is 29.8 Å². The third-order valence-electron chi connectivity index (χ3n) is 4.81. The first-order chi connectivity index (χ1) is 16.0. The summed E-state index contributed by atoms with van der Waals surface area (Å²) in [4.78, 5) is 21.6. The highest BCUT2D eigenvalue weighted by Crippen LogP contribution is 2.35. The quantitative estimate of drug-likeness (QED) is 0.291. The Kier molecular flexibility index (Phi) is 6.62. The van der Waals surface area contributed by atoms with Gasteiger partial charge in [0.25, 0.3) is 0 Å². The number of hydrogen-bond acceptors (Lipinski definition) is 6. The number of benzene rings is 3. The number of aromatic nitrogens is 1. The van der Waals surface area contributed by atoms with Crippen LogP contribution in [0.1, 0.15) is 10.4 Å². The number of halogens is 2. The lowest BCUT2D eigenvalue weighted by Crippen LogP contribution is -2.03. The lowest BCUT2D eigenvalue weighted by Gasteiger charge is -2.13. The number of nitrogens with zero attached hydrogens (tertiary/aromatic N) is 1. The number of rotatable bonds is 8. The number of carbonyl (C=O) groups is 1. The normalized spacial score (nSPS) is 10.9. The summed E-state index contributed by atoms with van der Waals surface area (Å²) < 4.78 is 29.0. The van der Waals surface area contributed by atoms with Crippen LogP contribution in [0.25, 0.3) is 33.0 Å². The Morgan fingerprint density at radius 1 is 1.03 bits per heavy atom. The van der Waals surface area contributed by atoms with Crippen molar-refractivity contribution < 1.29 is 28.3 Å². The molecule has 9 heteroatoms. The van der Waals surface area contributed by atoms with Crippen molar-refractivity contribution in [2.45, 2.75) is 6.61 Å². The van der Waals surface area contributed by atoms with Crippen LogP contribution in [0, 0.1) is 0 Å². The van der Waals surface area contributed by atoms with Gasteiger partial charge in [-0.15, -0.1) is 11.3 Å².